The third kappa shape index (κ3) is 2.61. The molecule has 5 N–H and O–H groups in total. The van der Waals surface area contributed by atoms with Gasteiger partial charge in [0.1, 0.15) is 10.7 Å². The fourth-order valence-corrected chi connectivity index (χ4v) is 2.87. The minimum Gasteiger partial charge on any atom is -0.396 e. The van der Waals surface area contributed by atoms with Gasteiger partial charge in [0.15, 0.2) is 0 Å². The van der Waals surface area contributed by atoms with E-state index >= 15 is 0 Å². The highest BCUT2D eigenvalue weighted by atomic mass is 79.9. The third-order valence-corrected chi connectivity index (χ3v) is 3.88. The van der Waals surface area contributed by atoms with Crippen molar-refractivity contribution in [1.29, 1.82) is 0 Å². The molecule has 0 heterocycles. The molecule has 0 radical (unpaired) electrons. The van der Waals surface area contributed by atoms with E-state index in [1.54, 1.807) is 0 Å². The maximum atomic E-state index is 12.9. The van der Waals surface area contributed by atoms with Crippen molar-refractivity contribution in [2.45, 2.75) is 4.90 Å². The highest BCUT2D eigenvalue weighted by molar-refractivity contribution is 9.10. The fraction of sp³-hybridized carbons (Fsp3) is 0. The molecule has 0 aromatic heterocycles. The molecule has 0 unspecified atom stereocenters. The van der Waals surface area contributed by atoms with E-state index in [-0.39, 0.29) is 15.1 Å². The number of nitrogens with one attached hydrogen (secondary N) is 1. The molecule has 0 spiro atoms. The van der Waals surface area contributed by atoms with Crippen LogP contribution in [0.15, 0.2) is 21.5 Å². The zero-order valence-corrected chi connectivity index (χ0v) is 10.1. The molecule has 16 heavy (non-hydrogen) atoms. The highest BCUT2D eigenvalue weighted by Crippen LogP contribution is 2.26. The molecule has 88 valence electrons. The largest absolute Gasteiger partial charge is 0.396 e. The Labute approximate surface area is 99.0 Å². The van der Waals surface area contributed by atoms with Crippen LogP contribution >= 0.6 is 15.9 Å². The summed E-state index contributed by atoms with van der Waals surface area (Å²) in [5.74, 6) is -0.773. The Kier molecular flexibility index (Phi) is 3.38. The van der Waals surface area contributed by atoms with E-state index in [0.29, 0.717) is 0 Å². The van der Waals surface area contributed by atoms with Gasteiger partial charge in [-0.15, -0.1) is 0 Å². The first kappa shape index (κ1) is 12.7. The minimum atomic E-state index is -4.15. The minimum absolute atomic E-state index is 0.0621. The van der Waals surface area contributed by atoms with E-state index in [9.17, 15) is 17.6 Å². The van der Waals surface area contributed by atoms with Gasteiger partial charge in [-0.05, 0) is 28.1 Å². The van der Waals surface area contributed by atoms with Gasteiger partial charge in [-0.2, -0.15) is 0 Å². The number of nitrogen functional groups attached to an aromatic ring is 1. The van der Waals surface area contributed by atoms with Crippen LogP contribution in [-0.4, -0.2) is 14.4 Å². The van der Waals surface area contributed by atoms with Crippen molar-refractivity contribution in [3.63, 3.8) is 0 Å². The molecule has 1 aromatic rings. The number of rotatable bonds is 2. The molecule has 0 atom stereocenters. The predicted molar refractivity (Wildman–Crippen MR) is 58.4 cm³/mol. The number of primary amides is 1. The van der Waals surface area contributed by atoms with Gasteiger partial charge in [-0.3, -0.25) is 0 Å². The molecule has 0 aliphatic carbocycles. The average molecular weight is 312 g/mol. The first-order valence-corrected chi connectivity index (χ1v) is 6.08. The van der Waals surface area contributed by atoms with Gasteiger partial charge in [0, 0.05) is 4.47 Å². The van der Waals surface area contributed by atoms with Crippen LogP contribution in [0.3, 0.4) is 0 Å². The van der Waals surface area contributed by atoms with Gasteiger partial charge in [-0.25, -0.2) is 22.3 Å². The second-order valence-corrected chi connectivity index (χ2v) is 5.28. The molecular weight excluding hydrogens is 305 g/mol. The maximum Gasteiger partial charge on any atom is 0.326 e. The van der Waals surface area contributed by atoms with Gasteiger partial charge in [0.2, 0.25) is 0 Å². The van der Waals surface area contributed by atoms with Gasteiger partial charge >= 0.3 is 6.03 Å². The first-order valence-electron chi connectivity index (χ1n) is 3.81. The van der Waals surface area contributed by atoms with Crippen molar-refractivity contribution in [1.82, 2.24) is 4.72 Å². The number of sulfonamides is 1. The van der Waals surface area contributed by atoms with E-state index in [4.69, 9.17) is 5.73 Å². The average Bonchev–Trinajstić information content (AvgIpc) is 2.08. The summed E-state index contributed by atoms with van der Waals surface area (Å²) in [6.45, 7) is 0. The third-order valence-electron chi connectivity index (χ3n) is 1.58. The molecule has 2 amide bonds. The number of nitrogens with two attached hydrogens (primary N) is 2. The van der Waals surface area contributed by atoms with Crippen LogP contribution in [0.5, 0.6) is 0 Å². The molecule has 0 aliphatic rings. The summed E-state index contributed by atoms with van der Waals surface area (Å²) in [5, 5.41) is 0. The molecule has 0 bridgehead atoms. The zero-order valence-electron chi connectivity index (χ0n) is 7.70. The molecule has 1 rings (SSSR count). The van der Waals surface area contributed by atoms with Crippen LogP contribution in [0.1, 0.15) is 0 Å². The number of benzene rings is 1. The van der Waals surface area contributed by atoms with E-state index in [1.807, 2.05) is 0 Å². The summed E-state index contributed by atoms with van der Waals surface area (Å²) in [7, 11) is -4.15. The van der Waals surface area contributed by atoms with Crippen LogP contribution in [-0.2, 0) is 10.0 Å². The quantitative estimate of drug-likeness (QED) is 0.691. The van der Waals surface area contributed by atoms with Crippen molar-refractivity contribution in [2.75, 3.05) is 5.73 Å². The van der Waals surface area contributed by atoms with Crippen LogP contribution in [0.2, 0.25) is 0 Å². The van der Waals surface area contributed by atoms with Crippen LogP contribution in [0.4, 0.5) is 14.9 Å². The number of hydrogen-bond donors (Lipinski definition) is 3. The molecule has 1 aromatic carbocycles. The topological polar surface area (TPSA) is 115 Å². The van der Waals surface area contributed by atoms with Gasteiger partial charge in [0.05, 0.1) is 5.69 Å². The Balaban J connectivity index is 3.34. The second-order valence-electron chi connectivity index (χ2n) is 2.77. The van der Waals surface area contributed by atoms with Crippen molar-refractivity contribution in [3.8, 4) is 0 Å². The lowest BCUT2D eigenvalue weighted by Crippen LogP contribution is -2.35. The Morgan fingerprint density at radius 1 is 1.44 bits per heavy atom. The maximum absolute atomic E-state index is 12.9. The normalized spacial score (nSPS) is 11.1. The number of carbonyl (C=O) groups is 1. The van der Waals surface area contributed by atoms with E-state index < -0.39 is 21.9 Å². The first-order chi connectivity index (χ1) is 7.24. The molecular formula is C7H7BrFN3O3S. The molecule has 0 aliphatic heterocycles. The standard InChI is InChI=1S/C7H7BrFN3O3S/c8-3-1-4(9)5(10)2-6(3)16(14,15)12-7(11)13/h1-2H,10H2,(H3,11,12,13). The Bertz CT molecular complexity index is 546. The molecule has 6 nitrogen and oxygen atoms in total. The van der Waals surface area contributed by atoms with Crippen LogP contribution in [0.25, 0.3) is 0 Å². The Morgan fingerprint density at radius 3 is 2.50 bits per heavy atom. The monoisotopic (exact) mass is 311 g/mol. The number of halogens is 2. The predicted octanol–water partition coefficient (Wildman–Crippen LogP) is 0.527. The second kappa shape index (κ2) is 4.26. The lowest BCUT2D eigenvalue weighted by atomic mass is 10.3. The molecule has 0 saturated heterocycles. The summed E-state index contributed by atoms with van der Waals surface area (Å²) >= 11 is 2.84. The molecule has 0 saturated carbocycles. The van der Waals surface area contributed by atoms with Crippen LogP contribution in [0, 0.1) is 5.82 Å². The van der Waals surface area contributed by atoms with Crippen molar-refractivity contribution >= 4 is 37.7 Å². The molecule has 9 heteroatoms. The summed E-state index contributed by atoms with van der Waals surface area (Å²) in [6.07, 6.45) is 0. The highest BCUT2D eigenvalue weighted by Gasteiger charge is 2.21. The van der Waals surface area contributed by atoms with E-state index in [0.717, 1.165) is 12.1 Å². The van der Waals surface area contributed by atoms with Gasteiger partial charge in [0.25, 0.3) is 10.0 Å². The van der Waals surface area contributed by atoms with Crippen molar-refractivity contribution < 1.29 is 17.6 Å². The number of amides is 2. The summed E-state index contributed by atoms with van der Waals surface area (Å²) < 4.78 is 37.4. The number of urea groups is 1. The zero-order chi connectivity index (χ0) is 12.5. The lowest BCUT2D eigenvalue weighted by molar-refractivity contribution is 0.253. The van der Waals surface area contributed by atoms with E-state index in [1.165, 1.54) is 4.72 Å². The van der Waals surface area contributed by atoms with Gasteiger partial charge < -0.3 is 11.5 Å². The fourth-order valence-electron chi connectivity index (χ4n) is 0.938. The SMILES string of the molecule is NC(=O)NS(=O)(=O)c1cc(N)c(F)cc1Br. The Hall–Kier alpha value is -1.35. The van der Waals surface area contributed by atoms with Crippen molar-refractivity contribution in [2.24, 2.45) is 5.73 Å². The molecule has 0 fully saturated rings. The number of hydrogen-bond acceptors (Lipinski definition) is 4. The summed E-state index contributed by atoms with van der Waals surface area (Å²) in [5.41, 5.74) is 9.54. The summed E-state index contributed by atoms with van der Waals surface area (Å²) in [6, 6.07) is 0.519. The Morgan fingerprint density at radius 2 is 2.00 bits per heavy atom. The summed E-state index contributed by atoms with van der Waals surface area (Å²) in [4.78, 5) is 10.1. The number of carbonyl (C=O) groups excluding carboxylic acids is 1. The van der Waals surface area contributed by atoms with Crippen LogP contribution < -0.4 is 16.2 Å². The van der Waals surface area contributed by atoms with E-state index in [2.05, 4.69) is 21.7 Å². The van der Waals surface area contributed by atoms with Gasteiger partial charge in [-0.1, -0.05) is 0 Å². The smallest absolute Gasteiger partial charge is 0.326 e. The lowest BCUT2D eigenvalue weighted by Gasteiger charge is -2.07. The number of anilines is 1. The van der Waals surface area contributed by atoms with Crippen molar-refractivity contribution in [3.05, 3.63) is 22.4 Å².